The third kappa shape index (κ3) is 7.95. The second-order valence-corrected chi connectivity index (χ2v) is 14.3. The lowest BCUT2D eigenvalue weighted by Gasteiger charge is -2.43. The second kappa shape index (κ2) is 13.8. The second-order valence-electron chi connectivity index (χ2n) is 10.0. The first-order valence-corrected chi connectivity index (χ1v) is 14.5. The smallest absolute Gasteiger partial charge is 0.261 e. The van der Waals surface area contributed by atoms with Crippen LogP contribution in [0.1, 0.15) is 32.8 Å². The third-order valence-electron chi connectivity index (χ3n) is 6.37. The van der Waals surface area contributed by atoms with E-state index in [4.69, 9.17) is 18.6 Å². The van der Waals surface area contributed by atoms with Crippen molar-refractivity contribution < 1.29 is 27.4 Å². The minimum Gasteiger partial charge on any atom is -0.497 e. The first-order chi connectivity index (χ1) is 17.8. The van der Waals surface area contributed by atoms with E-state index < -0.39 is 21.3 Å². The molecule has 7 heteroatoms. The van der Waals surface area contributed by atoms with Crippen molar-refractivity contribution in [1.29, 1.82) is 0 Å². The van der Waals surface area contributed by atoms with Gasteiger partial charge in [-0.1, -0.05) is 93.6 Å². The Kier molecular flexibility index (Phi) is 10.8. The Hall–Kier alpha value is -2.58. The minimum atomic E-state index is -2.69. The maximum absolute atomic E-state index is 12.7. The summed E-state index contributed by atoms with van der Waals surface area (Å²) in [5, 5.41) is 2.23. The van der Waals surface area contributed by atoms with Gasteiger partial charge < -0.3 is 18.6 Å². The van der Waals surface area contributed by atoms with Crippen LogP contribution in [0.5, 0.6) is 5.75 Å². The standard InChI is InChI=1S/C30H38F2O4Si/c1-30(2,3)37(27-11-7-5-8-12-27,28-13-9-6-10-14-28)36-20-19-26(22-34-23-29(31)32)35-21-24-15-17-25(33-4)18-16-24/h5-18,26,29H,19-23H2,1-4H3. The molecule has 0 saturated heterocycles. The Balaban J connectivity index is 1.78. The molecule has 0 aliphatic carbocycles. The maximum atomic E-state index is 12.7. The maximum Gasteiger partial charge on any atom is 0.261 e. The van der Waals surface area contributed by atoms with Gasteiger partial charge in [0.15, 0.2) is 0 Å². The van der Waals surface area contributed by atoms with Gasteiger partial charge in [-0.15, -0.1) is 0 Å². The highest BCUT2D eigenvalue weighted by Crippen LogP contribution is 2.36. The van der Waals surface area contributed by atoms with Crippen LogP contribution in [0.15, 0.2) is 84.9 Å². The van der Waals surface area contributed by atoms with Crippen LogP contribution >= 0.6 is 0 Å². The molecular formula is C30H38F2O4Si. The lowest BCUT2D eigenvalue weighted by atomic mass is 10.2. The minimum absolute atomic E-state index is 0.0740. The van der Waals surface area contributed by atoms with Crippen LogP contribution in [0.2, 0.25) is 5.04 Å². The zero-order valence-corrected chi connectivity index (χ0v) is 23.2. The fraction of sp³-hybridized carbons (Fsp3) is 0.400. The molecule has 0 spiro atoms. The molecule has 3 aromatic carbocycles. The zero-order valence-electron chi connectivity index (χ0n) is 22.2. The number of alkyl halides is 2. The Labute approximate surface area is 220 Å². The summed E-state index contributed by atoms with van der Waals surface area (Å²) < 4.78 is 49.0. The molecule has 0 bridgehead atoms. The van der Waals surface area contributed by atoms with Crippen LogP contribution in [-0.4, -0.2) is 47.8 Å². The van der Waals surface area contributed by atoms with Gasteiger partial charge in [0.1, 0.15) is 12.4 Å². The van der Waals surface area contributed by atoms with E-state index in [1.54, 1.807) is 7.11 Å². The van der Waals surface area contributed by atoms with Gasteiger partial charge in [-0.3, -0.25) is 0 Å². The highest BCUT2D eigenvalue weighted by molar-refractivity contribution is 6.99. The number of hydrogen-bond acceptors (Lipinski definition) is 4. The van der Waals surface area contributed by atoms with Crippen molar-refractivity contribution in [2.24, 2.45) is 0 Å². The summed E-state index contributed by atoms with van der Waals surface area (Å²) in [6, 6.07) is 28.4. The fourth-order valence-electron chi connectivity index (χ4n) is 4.54. The summed E-state index contributed by atoms with van der Waals surface area (Å²) in [6.45, 7) is 6.89. The predicted octanol–water partition coefficient (Wildman–Crippen LogP) is 5.83. The van der Waals surface area contributed by atoms with Crippen LogP contribution in [0.25, 0.3) is 0 Å². The molecule has 1 unspecified atom stereocenters. The van der Waals surface area contributed by atoms with E-state index in [1.807, 2.05) is 60.7 Å². The molecule has 0 amide bonds. The molecule has 1 atom stereocenters. The first kappa shape index (κ1) is 29.0. The average molecular weight is 529 g/mol. The first-order valence-electron chi connectivity index (χ1n) is 12.6. The van der Waals surface area contributed by atoms with E-state index in [1.165, 1.54) is 10.4 Å². The Bertz CT molecular complexity index is 1000. The molecule has 0 heterocycles. The number of hydrogen-bond donors (Lipinski definition) is 0. The van der Waals surface area contributed by atoms with Gasteiger partial charge in [-0.2, -0.15) is 0 Å². The molecule has 4 nitrogen and oxygen atoms in total. The van der Waals surface area contributed by atoms with Crippen molar-refractivity contribution in [3.8, 4) is 5.75 Å². The average Bonchev–Trinajstić information content (AvgIpc) is 2.89. The van der Waals surface area contributed by atoms with Gasteiger partial charge in [-0.05, 0) is 39.5 Å². The Morgan fingerprint density at radius 3 is 1.84 bits per heavy atom. The largest absolute Gasteiger partial charge is 0.497 e. The summed E-state index contributed by atoms with van der Waals surface area (Å²) in [5.41, 5.74) is 0.965. The van der Waals surface area contributed by atoms with Crippen molar-refractivity contribution in [1.82, 2.24) is 0 Å². The molecule has 0 aliphatic rings. The van der Waals surface area contributed by atoms with E-state index in [9.17, 15) is 8.78 Å². The number of rotatable bonds is 14. The van der Waals surface area contributed by atoms with Gasteiger partial charge in [0, 0.05) is 6.61 Å². The normalized spacial score (nSPS) is 13.1. The topological polar surface area (TPSA) is 36.9 Å². The summed E-state index contributed by atoms with van der Waals surface area (Å²) >= 11 is 0. The van der Waals surface area contributed by atoms with Crippen LogP contribution in [0, 0.1) is 0 Å². The third-order valence-corrected chi connectivity index (χ3v) is 11.4. The van der Waals surface area contributed by atoms with Gasteiger partial charge in [0.25, 0.3) is 14.7 Å². The van der Waals surface area contributed by atoms with E-state index in [-0.39, 0.29) is 17.7 Å². The molecule has 0 saturated carbocycles. The lowest BCUT2D eigenvalue weighted by molar-refractivity contribution is -0.0579. The fourth-order valence-corrected chi connectivity index (χ4v) is 9.12. The molecule has 0 fully saturated rings. The van der Waals surface area contributed by atoms with E-state index in [0.29, 0.717) is 19.6 Å². The van der Waals surface area contributed by atoms with Crippen molar-refractivity contribution in [2.75, 3.05) is 26.9 Å². The Morgan fingerprint density at radius 2 is 1.35 bits per heavy atom. The van der Waals surface area contributed by atoms with Gasteiger partial charge in [0.05, 0.1) is 26.4 Å². The summed E-state index contributed by atoms with van der Waals surface area (Å²) in [6.07, 6.45) is -2.39. The van der Waals surface area contributed by atoms with Gasteiger partial charge >= 0.3 is 0 Å². The highest BCUT2D eigenvalue weighted by atomic mass is 28.4. The van der Waals surface area contributed by atoms with Crippen molar-refractivity contribution >= 4 is 18.7 Å². The van der Waals surface area contributed by atoms with Crippen molar-refractivity contribution in [2.45, 2.75) is 51.4 Å². The van der Waals surface area contributed by atoms with Crippen molar-refractivity contribution in [3.05, 3.63) is 90.5 Å². The number of benzene rings is 3. The van der Waals surface area contributed by atoms with Gasteiger partial charge in [-0.25, -0.2) is 8.78 Å². The SMILES string of the molecule is COc1ccc(COC(CCO[Si](c2ccccc2)(c2ccccc2)C(C)(C)C)COCC(F)F)cc1. The predicted molar refractivity (Wildman–Crippen MR) is 147 cm³/mol. The number of halogens is 2. The zero-order chi connectivity index (χ0) is 26.7. The molecule has 0 radical (unpaired) electrons. The van der Waals surface area contributed by atoms with Crippen LogP contribution in [0.3, 0.4) is 0 Å². The monoisotopic (exact) mass is 528 g/mol. The van der Waals surface area contributed by atoms with E-state index in [0.717, 1.165) is 11.3 Å². The number of methoxy groups -OCH3 is 1. The molecule has 200 valence electrons. The quantitative estimate of drug-likeness (QED) is 0.247. The Morgan fingerprint density at radius 1 is 0.784 bits per heavy atom. The molecule has 0 N–H and O–H groups in total. The highest BCUT2D eigenvalue weighted by Gasteiger charge is 2.50. The molecule has 0 aromatic heterocycles. The van der Waals surface area contributed by atoms with Crippen molar-refractivity contribution in [3.63, 3.8) is 0 Å². The molecule has 3 rings (SSSR count). The van der Waals surface area contributed by atoms with E-state index in [2.05, 4.69) is 45.0 Å². The van der Waals surface area contributed by atoms with E-state index >= 15 is 0 Å². The van der Waals surface area contributed by atoms with Gasteiger partial charge in [0.2, 0.25) is 0 Å². The summed E-state index contributed by atoms with van der Waals surface area (Å²) in [7, 11) is -1.07. The molecule has 0 aliphatic heterocycles. The summed E-state index contributed by atoms with van der Waals surface area (Å²) in [4.78, 5) is 0. The van der Waals surface area contributed by atoms with Crippen LogP contribution in [0.4, 0.5) is 8.78 Å². The lowest BCUT2D eigenvalue weighted by Crippen LogP contribution is -2.66. The number of ether oxygens (including phenoxy) is 3. The van der Waals surface area contributed by atoms with Crippen LogP contribution < -0.4 is 15.1 Å². The molecule has 37 heavy (non-hydrogen) atoms. The summed E-state index contributed by atoms with van der Waals surface area (Å²) in [5.74, 6) is 0.763. The van der Waals surface area contributed by atoms with Crippen LogP contribution in [-0.2, 0) is 20.5 Å². The molecule has 3 aromatic rings. The molecular weight excluding hydrogens is 490 g/mol.